The van der Waals surface area contributed by atoms with Gasteiger partial charge < -0.3 is 10.1 Å². The highest BCUT2D eigenvalue weighted by Gasteiger charge is 2.31. The summed E-state index contributed by atoms with van der Waals surface area (Å²) in [5, 5.41) is 10.2. The van der Waals surface area contributed by atoms with Crippen LogP contribution in [0.5, 0.6) is 0 Å². The summed E-state index contributed by atoms with van der Waals surface area (Å²) in [6.45, 7) is 5.04. The minimum Gasteiger partial charge on any atom is -0.481 e. The van der Waals surface area contributed by atoms with Crippen LogP contribution in [0.15, 0.2) is 30.5 Å². The third-order valence-corrected chi connectivity index (χ3v) is 3.95. The van der Waals surface area contributed by atoms with Gasteiger partial charge in [-0.15, -0.1) is 0 Å². The molecule has 1 atom stereocenters. The second kappa shape index (κ2) is 5.72. The van der Waals surface area contributed by atoms with Gasteiger partial charge in [0.1, 0.15) is 5.78 Å². The van der Waals surface area contributed by atoms with Crippen molar-refractivity contribution in [3.05, 3.63) is 36.0 Å². The maximum atomic E-state index is 12.3. The molecule has 2 aromatic rings. The van der Waals surface area contributed by atoms with Crippen LogP contribution in [0.25, 0.3) is 10.9 Å². The first kappa shape index (κ1) is 15.3. The number of carboxylic acids is 1. The number of hydrogen-bond donors (Lipinski definition) is 2. The Hall–Kier alpha value is -2.10. The van der Waals surface area contributed by atoms with E-state index in [9.17, 15) is 9.59 Å². The molecule has 0 aliphatic heterocycles. The molecule has 0 unspecified atom stereocenters. The van der Waals surface area contributed by atoms with Crippen molar-refractivity contribution < 1.29 is 14.7 Å². The van der Waals surface area contributed by atoms with E-state index >= 15 is 0 Å². The van der Waals surface area contributed by atoms with Gasteiger partial charge in [0.15, 0.2) is 0 Å². The van der Waals surface area contributed by atoms with Crippen LogP contribution in [0.4, 0.5) is 0 Å². The van der Waals surface area contributed by atoms with E-state index in [-0.39, 0.29) is 18.1 Å². The van der Waals surface area contributed by atoms with Crippen LogP contribution in [-0.2, 0) is 16.0 Å². The second-order valence-electron chi connectivity index (χ2n) is 6.30. The molecule has 1 heterocycles. The molecular formula is C17H21NO3. The van der Waals surface area contributed by atoms with Gasteiger partial charge in [0.2, 0.25) is 0 Å². The lowest BCUT2D eigenvalue weighted by Gasteiger charge is -2.20. The van der Waals surface area contributed by atoms with E-state index in [1.807, 2.05) is 37.4 Å². The maximum absolute atomic E-state index is 12.3. The van der Waals surface area contributed by atoms with E-state index in [2.05, 4.69) is 4.98 Å². The number of aromatic amines is 1. The number of benzene rings is 1. The largest absolute Gasteiger partial charge is 0.481 e. The Morgan fingerprint density at radius 2 is 1.95 bits per heavy atom. The van der Waals surface area contributed by atoms with Gasteiger partial charge in [-0.2, -0.15) is 0 Å². The van der Waals surface area contributed by atoms with E-state index < -0.39 is 11.4 Å². The van der Waals surface area contributed by atoms with E-state index in [4.69, 9.17) is 5.11 Å². The monoisotopic (exact) mass is 287 g/mol. The smallest absolute Gasteiger partial charge is 0.309 e. The van der Waals surface area contributed by atoms with Gasteiger partial charge >= 0.3 is 5.97 Å². The fourth-order valence-electron chi connectivity index (χ4n) is 2.43. The number of nitrogens with one attached hydrogen (secondary N) is 1. The molecule has 4 nitrogen and oxygen atoms in total. The highest BCUT2D eigenvalue weighted by Crippen LogP contribution is 2.26. The average Bonchev–Trinajstić information content (AvgIpc) is 2.81. The lowest BCUT2D eigenvalue weighted by atomic mass is 9.83. The Kier molecular flexibility index (Phi) is 4.16. The first-order valence-electron chi connectivity index (χ1n) is 7.12. The Balaban J connectivity index is 2.09. The minimum absolute atomic E-state index is 0.00678. The number of H-pyrrole nitrogens is 1. The lowest BCUT2D eigenvalue weighted by molar-refractivity contribution is -0.149. The summed E-state index contributed by atoms with van der Waals surface area (Å²) in [7, 11) is 0. The van der Waals surface area contributed by atoms with E-state index in [0.717, 1.165) is 16.5 Å². The molecule has 4 heteroatoms. The summed E-state index contributed by atoms with van der Waals surface area (Å²) in [6.07, 6.45) is 2.61. The van der Waals surface area contributed by atoms with Gasteiger partial charge in [-0.05, 0) is 31.9 Å². The number of carbonyl (C=O) groups excluding carboxylic acids is 1. The maximum Gasteiger partial charge on any atom is 0.309 e. The van der Waals surface area contributed by atoms with Crippen molar-refractivity contribution in [1.29, 1.82) is 0 Å². The Bertz CT molecular complexity index is 669. The summed E-state index contributed by atoms with van der Waals surface area (Å²) in [5.41, 5.74) is 1.14. The Labute approximate surface area is 124 Å². The molecular weight excluding hydrogens is 266 g/mol. The minimum atomic E-state index is -1.01. The predicted octanol–water partition coefficient (Wildman–Crippen LogP) is 3.42. The van der Waals surface area contributed by atoms with Gasteiger partial charge in [0.05, 0.1) is 5.41 Å². The number of ketones is 1. The number of carboxylic acid groups (broad SMARTS) is 1. The molecule has 0 spiro atoms. The average molecular weight is 287 g/mol. The van der Waals surface area contributed by atoms with Gasteiger partial charge in [0.25, 0.3) is 0 Å². The summed E-state index contributed by atoms with van der Waals surface area (Å²) in [5.74, 6) is -1.13. The quantitative estimate of drug-likeness (QED) is 0.855. The summed E-state index contributed by atoms with van der Waals surface area (Å²) in [4.78, 5) is 26.6. The van der Waals surface area contributed by atoms with Crippen LogP contribution in [-0.4, -0.2) is 21.8 Å². The molecule has 1 aromatic carbocycles. The molecule has 112 valence electrons. The summed E-state index contributed by atoms with van der Waals surface area (Å²) >= 11 is 0. The van der Waals surface area contributed by atoms with E-state index in [1.165, 1.54) is 0 Å². The molecule has 1 aromatic heterocycles. The van der Waals surface area contributed by atoms with Crippen LogP contribution in [0.3, 0.4) is 0 Å². The highest BCUT2D eigenvalue weighted by atomic mass is 16.4. The van der Waals surface area contributed by atoms with Gasteiger partial charge in [-0.1, -0.05) is 25.1 Å². The van der Waals surface area contributed by atoms with Crippen LogP contribution in [0.2, 0.25) is 0 Å². The number of Topliss-reactive ketones (excluding diaryl/α,β-unsaturated/α-hetero) is 1. The van der Waals surface area contributed by atoms with Crippen molar-refractivity contribution in [2.24, 2.45) is 11.3 Å². The number of hydrogen-bond acceptors (Lipinski definition) is 2. The molecule has 0 saturated heterocycles. The first-order chi connectivity index (χ1) is 9.81. The third kappa shape index (κ3) is 3.32. The van der Waals surface area contributed by atoms with Crippen LogP contribution in [0.1, 0.15) is 32.8 Å². The summed E-state index contributed by atoms with van der Waals surface area (Å²) < 4.78 is 0. The van der Waals surface area contributed by atoms with Crippen molar-refractivity contribution >= 4 is 22.7 Å². The van der Waals surface area contributed by atoms with Crippen LogP contribution >= 0.6 is 0 Å². The molecule has 0 amide bonds. The van der Waals surface area contributed by atoms with Crippen molar-refractivity contribution in [2.75, 3.05) is 0 Å². The fraction of sp³-hybridized carbons (Fsp3) is 0.412. The molecule has 0 aliphatic carbocycles. The second-order valence-corrected chi connectivity index (χ2v) is 6.30. The van der Waals surface area contributed by atoms with Crippen molar-refractivity contribution in [2.45, 2.75) is 33.6 Å². The third-order valence-electron chi connectivity index (χ3n) is 3.95. The van der Waals surface area contributed by atoms with E-state index in [0.29, 0.717) is 6.42 Å². The first-order valence-corrected chi connectivity index (χ1v) is 7.12. The standard InChI is InChI=1S/C17H21NO3/c1-11(15(19)9-17(2,3)16(20)21)8-12-10-18-14-7-5-4-6-13(12)14/h4-7,10-11,18H,8-9H2,1-3H3,(H,20,21)/t11-/m1/s1. The number of aromatic nitrogens is 1. The zero-order valence-electron chi connectivity index (χ0n) is 12.6. The van der Waals surface area contributed by atoms with Gasteiger partial charge in [-0.3, -0.25) is 9.59 Å². The fourth-order valence-corrected chi connectivity index (χ4v) is 2.43. The van der Waals surface area contributed by atoms with Crippen molar-refractivity contribution in [3.63, 3.8) is 0 Å². The number of carbonyl (C=O) groups is 2. The molecule has 2 rings (SSSR count). The van der Waals surface area contributed by atoms with Gasteiger partial charge in [-0.25, -0.2) is 0 Å². The zero-order valence-corrected chi connectivity index (χ0v) is 12.6. The van der Waals surface area contributed by atoms with Gasteiger partial charge in [0, 0.05) is 29.4 Å². The molecule has 0 bridgehead atoms. The lowest BCUT2D eigenvalue weighted by Crippen LogP contribution is -2.29. The molecule has 0 fully saturated rings. The predicted molar refractivity (Wildman–Crippen MR) is 82.2 cm³/mol. The van der Waals surface area contributed by atoms with Crippen LogP contribution < -0.4 is 0 Å². The Morgan fingerprint density at radius 1 is 1.29 bits per heavy atom. The number of para-hydroxylation sites is 1. The molecule has 0 radical (unpaired) electrons. The Morgan fingerprint density at radius 3 is 2.62 bits per heavy atom. The normalized spacial score (nSPS) is 13.3. The zero-order chi connectivity index (χ0) is 15.6. The van der Waals surface area contributed by atoms with Crippen molar-refractivity contribution in [3.8, 4) is 0 Å². The van der Waals surface area contributed by atoms with E-state index in [1.54, 1.807) is 13.8 Å². The molecule has 0 aliphatic rings. The van der Waals surface area contributed by atoms with Crippen molar-refractivity contribution in [1.82, 2.24) is 4.98 Å². The molecule has 2 N–H and O–H groups in total. The molecule has 0 saturated carbocycles. The highest BCUT2D eigenvalue weighted by molar-refractivity contribution is 5.88. The topological polar surface area (TPSA) is 70.2 Å². The number of fused-ring (bicyclic) bond motifs is 1. The SMILES string of the molecule is C[C@H](Cc1c[nH]c2ccccc12)C(=O)CC(C)(C)C(=O)O. The van der Waals surface area contributed by atoms with Crippen LogP contribution in [0, 0.1) is 11.3 Å². The number of rotatable bonds is 6. The number of aliphatic carboxylic acids is 1. The molecule has 21 heavy (non-hydrogen) atoms. The summed E-state index contributed by atoms with van der Waals surface area (Å²) in [6, 6.07) is 7.96.